The van der Waals surface area contributed by atoms with Crippen molar-refractivity contribution in [3.05, 3.63) is 0 Å². The minimum absolute atomic E-state index is 0.442. The van der Waals surface area contributed by atoms with Gasteiger partial charge in [0.25, 0.3) is 0 Å². The molecule has 1 rings (SSSR count). The topological polar surface area (TPSA) is 21.3 Å². The number of nitrogens with one attached hydrogen (secondary N) is 1. The third-order valence-corrected chi connectivity index (χ3v) is 3.72. The Balaban J connectivity index is 2.46. The Morgan fingerprint density at radius 2 is 1.65 bits per heavy atom. The zero-order valence-corrected chi connectivity index (χ0v) is 12.3. The van der Waals surface area contributed by atoms with Crippen molar-refractivity contribution in [2.24, 2.45) is 11.8 Å². The van der Waals surface area contributed by atoms with Gasteiger partial charge in [0.1, 0.15) is 0 Å². The summed E-state index contributed by atoms with van der Waals surface area (Å²) in [5.41, 5.74) is 0. The van der Waals surface area contributed by atoms with Crippen LogP contribution in [0.5, 0.6) is 0 Å². The molecular formula is C15H31NO. The van der Waals surface area contributed by atoms with Gasteiger partial charge < -0.3 is 10.1 Å². The predicted molar refractivity (Wildman–Crippen MR) is 74.3 cm³/mol. The van der Waals surface area contributed by atoms with E-state index in [1.54, 1.807) is 0 Å². The van der Waals surface area contributed by atoms with E-state index in [9.17, 15) is 0 Å². The lowest BCUT2D eigenvalue weighted by Gasteiger charge is -2.29. The van der Waals surface area contributed by atoms with E-state index in [4.69, 9.17) is 4.74 Å². The molecule has 0 radical (unpaired) electrons. The summed E-state index contributed by atoms with van der Waals surface area (Å²) >= 11 is 0. The van der Waals surface area contributed by atoms with Gasteiger partial charge in [0.15, 0.2) is 0 Å². The Kier molecular flexibility index (Phi) is 6.50. The molecule has 1 aliphatic rings. The Labute approximate surface area is 108 Å². The third kappa shape index (κ3) is 5.39. The van der Waals surface area contributed by atoms with Crippen LogP contribution >= 0.6 is 0 Å². The lowest BCUT2D eigenvalue weighted by atomic mass is 9.94. The van der Waals surface area contributed by atoms with Crippen LogP contribution in [0.3, 0.4) is 0 Å². The van der Waals surface area contributed by atoms with Crippen molar-refractivity contribution < 1.29 is 4.74 Å². The molecule has 1 aliphatic carbocycles. The standard InChI is InChI=1S/C15H31NO/c1-11(2)9-13(10-12(3)4)16-14-7-6-8-15(14)17-5/h11-16H,6-10H2,1-5H3. The summed E-state index contributed by atoms with van der Waals surface area (Å²) < 4.78 is 5.57. The van der Waals surface area contributed by atoms with Crippen LogP contribution in [-0.4, -0.2) is 25.3 Å². The minimum atomic E-state index is 0.442. The molecule has 17 heavy (non-hydrogen) atoms. The van der Waals surface area contributed by atoms with E-state index in [0.717, 1.165) is 11.8 Å². The average Bonchev–Trinajstić information content (AvgIpc) is 2.62. The lowest BCUT2D eigenvalue weighted by molar-refractivity contribution is 0.0788. The Morgan fingerprint density at radius 3 is 2.12 bits per heavy atom. The maximum Gasteiger partial charge on any atom is 0.0724 e. The van der Waals surface area contributed by atoms with Crippen molar-refractivity contribution in [1.29, 1.82) is 0 Å². The second-order valence-corrected chi connectivity index (χ2v) is 6.43. The molecule has 0 aromatic rings. The van der Waals surface area contributed by atoms with Crippen molar-refractivity contribution in [2.75, 3.05) is 7.11 Å². The van der Waals surface area contributed by atoms with Gasteiger partial charge in [-0.05, 0) is 43.9 Å². The van der Waals surface area contributed by atoms with Crippen molar-refractivity contribution in [3.8, 4) is 0 Å². The maximum atomic E-state index is 5.57. The number of hydrogen-bond donors (Lipinski definition) is 1. The van der Waals surface area contributed by atoms with Gasteiger partial charge in [-0.3, -0.25) is 0 Å². The number of hydrogen-bond acceptors (Lipinski definition) is 2. The largest absolute Gasteiger partial charge is 0.380 e. The first-order valence-corrected chi connectivity index (χ1v) is 7.31. The van der Waals surface area contributed by atoms with Crippen LogP contribution in [-0.2, 0) is 4.74 Å². The lowest BCUT2D eigenvalue weighted by Crippen LogP contribution is -2.44. The van der Waals surface area contributed by atoms with Gasteiger partial charge in [0.05, 0.1) is 6.10 Å². The molecule has 2 nitrogen and oxygen atoms in total. The molecule has 0 amide bonds. The van der Waals surface area contributed by atoms with E-state index in [2.05, 4.69) is 33.0 Å². The molecule has 0 bridgehead atoms. The molecule has 0 heterocycles. The van der Waals surface area contributed by atoms with Crippen molar-refractivity contribution in [2.45, 2.75) is 78.0 Å². The van der Waals surface area contributed by atoms with Crippen LogP contribution in [0.25, 0.3) is 0 Å². The van der Waals surface area contributed by atoms with E-state index in [-0.39, 0.29) is 0 Å². The van der Waals surface area contributed by atoms with Crippen LogP contribution in [0, 0.1) is 11.8 Å². The molecule has 1 fully saturated rings. The molecule has 0 saturated heterocycles. The first kappa shape index (κ1) is 15.0. The SMILES string of the molecule is COC1CCCC1NC(CC(C)C)CC(C)C. The third-order valence-electron chi connectivity index (χ3n) is 3.72. The van der Waals surface area contributed by atoms with Gasteiger partial charge in [-0.2, -0.15) is 0 Å². The van der Waals surface area contributed by atoms with Crippen molar-refractivity contribution in [1.82, 2.24) is 5.32 Å². The Morgan fingerprint density at radius 1 is 1.06 bits per heavy atom. The average molecular weight is 241 g/mol. The molecule has 0 aromatic heterocycles. The number of ether oxygens (including phenoxy) is 1. The fourth-order valence-electron chi connectivity index (χ4n) is 3.07. The van der Waals surface area contributed by atoms with E-state index < -0.39 is 0 Å². The van der Waals surface area contributed by atoms with E-state index in [1.807, 2.05) is 7.11 Å². The fraction of sp³-hybridized carbons (Fsp3) is 1.00. The summed E-state index contributed by atoms with van der Waals surface area (Å²) in [7, 11) is 1.85. The zero-order chi connectivity index (χ0) is 12.8. The van der Waals surface area contributed by atoms with Gasteiger partial charge in [0.2, 0.25) is 0 Å². The molecule has 2 unspecified atom stereocenters. The summed E-state index contributed by atoms with van der Waals surface area (Å²) in [5.74, 6) is 1.54. The first-order valence-electron chi connectivity index (χ1n) is 7.31. The first-order chi connectivity index (χ1) is 8.02. The Hall–Kier alpha value is -0.0800. The smallest absolute Gasteiger partial charge is 0.0724 e. The van der Waals surface area contributed by atoms with Crippen molar-refractivity contribution >= 4 is 0 Å². The monoisotopic (exact) mass is 241 g/mol. The highest BCUT2D eigenvalue weighted by atomic mass is 16.5. The van der Waals surface area contributed by atoms with Gasteiger partial charge in [-0.1, -0.05) is 27.7 Å². The van der Waals surface area contributed by atoms with Crippen LogP contribution in [0.4, 0.5) is 0 Å². The predicted octanol–water partition coefficient (Wildman–Crippen LogP) is 3.60. The number of methoxy groups -OCH3 is 1. The second-order valence-electron chi connectivity index (χ2n) is 6.43. The van der Waals surface area contributed by atoms with Gasteiger partial charge in [0, 0.05) is 19.2 Å². The highest BCUT2D eigenvalue weighted by Crippen LogP contribution is 2.24. The van der Waals surface area contributed by atoms with Gasteiger partial charge >= 0.3 is 0 Å². The van der Waals surface area contributed by atoms with E-state index in [1.165, 1.54) is 32.1 Å². The molecule has 102 valence electrons. The summed E-state index contributed by atoms with van der Waals surface area (Å²) in [6, 6.07) is 1.25. The normalized spacial score (nSPS) is 25.4. The summed E-state index contributed by atoms with van der Waals surface area (Å²) in [6.07, 6.45) is 6.83. The molecule has 2 atom stereocenters. The number of rotatable bonds is 7. The summed E-state index contributed by atoms with van der Waals surface area (Å²) in [6.45, 7) is 9.27. The van der Waals surface area contributed by atoms with Crippen LogP contribution in [0.15, 0.2) is 0 Å². The molecule has 1 saturated carbocycles. The zero-order valence-electron chi connectivity index (χ0n) is 12.3. The fourth-order valence-corrected chi connectivity index (χ4v) is 3.07. The second kappa shape index (κ2) is 7.38. The van der Waals surface area contributed by atoms with Gasteiger partial charge in [-0.25, -0.2) is 0 Å². The van der Waals surface area contributed by atoms with Crippen molar-refractivity contribution in [3.63, 3.8) is 0 Å². The molecular weight excluding hydrogens is 210 g/mol. The highest BCUT2D eigenvalue weighted by molar-refractivity contribution is 4.87. The molecule has 0 aliphatic heterocycles. The molecule has 0 spiro atoms. The summed E-state index contributed by atoms with van der Waals surface area (Å²) in [5, 5.41) is 3.85. The van der Waals surface area contributed by atoms with Crippen LogP contribution in [0.1, 0.15) is 59.8 Å². The molecule has 0 aromatic carbocycles. The molecule has 1 N–H and O–H groups in total. The van der Waals surface area contributed by atoms with Crippen LogP contribution < -0.4 is 5.32 Å². The molecule has 2 heteroatoms. The summed E-state index contributed by atoms with van der Waals surface area (Å²) in [4.78, 5) is 0. The van der Waals surface area contributed by atoms with E-state index >= 15 is 0 Å². The maximum absolute atomic E-state index is 5.57. The quantitative estimate of drug-likeness (QED) is 0.735. The van der Waals surface area contributed by atoms with Gasteiger partial charge in [-0.15, -0.1) is 0 Å². The highest BCUT2D eigenvalue weighted by Gasteiger charge is 2.29. The Bertz CT molecular complexity index is 193. The minimum Gasteiger partial charge on any atom is -0.380 e. The van der Waals surface area contributed by atoms with Crippen LogP contribution in [0.2, 0.25) is 0 Å². The van der Waals surface area contributed by atoms with E-state index in [0.29, 0.717) is 18.2 Å².